The summed E-state index contributed by atoms with van der Waals surface area (Å²) in [7, 11) is 1.51. The molecule has 1 amide bonds. The van der Waals surface area contributed by atoms with Gasteiger partial charge in [-0.15, -0.1) is 6.58 Å². The zero-order valence-corrected chi connectivity index (χ0v) is 15.4. The molecule has 2 aromatic carbocycles. The number of carbonyl (C=O) groups is 2. The molecule has 7 heteroatoms. The van der Waals surface area contributed by atoms with Gasteiger partial charge in [0.2, 0.25) is 0 Å². The van der Waals surface area contributed by atoms with Crippen LogP contribution in [0.25, 0.3) is 0 Å². The van der Waals surface area contributed by atoms with Gasteiger partial charge in [-0.05, 0) is 48.4 Å². The molecule has 28 heavy (non-hydrogen) atoms. The van der Waals surface area contributed by atoms with Crippen molar-refractivity contribution in [3.05, 3.63) is 66.2 Å². The zero-order chi connectivity index (χ0) is 20.4. The Kier molecular flexibility index (Phi) is 7.61. The maximum absolute atomic E-state index is 11.8. The Labute approximate surface area is 163 Å². The number of hydrogen-bond acceptors (Lipinski definition) is 6. The highest BCUT2D eigenvalue weighted by Gasteiger charge is 2.11. The molecule has 144 valence electrons. The molecule has 1 N–H and O–H groups in total. The molecule has 0 unspecified atom stereocenters. The van der Waals surface area contributed by atoms with E-state index < -0.39 is 18.5 Å². The minimum atomic E-state index is -0.688. The average Bonchev–Trinajstić information content (AvgIpc) is 2.72. The smallest absolute Gasteiger partial charge is 0.344 e. The molecule has 0 saturated carbocycles. The van der Waals surface area contributed by atoms with E-state index in [1.807, 2.05) is 12.1 Å². The van der Waals surface area contributed by atoms with Crippen molar-refractivity contribution in [2.45, 2.75) is 6.42 Å². The second kappa shape index (κ2) is 10.4. The molecule has 0 aliphatic heterocycles. The number of nitriles is 1. The van der Waals surface area contributed by atoms with Gasteiger partial charge in [0.15, 0.2) is 24.7 Å². The van der Waals surface area contributed by atoms with Gasteiger partial charge in [-0.2, -0.15) is 5.26 Å². The number of amides is 1. The molecule has 0 bridgehead atoms. The number of hydrogen-bond donors (Lipinski definition) is 1. The molecule has 7 nitrogen and oxygen atoms in total. The Morgan fingerprint density at radius 1 is 1.14 bits per heavy atom. The van der Waals surface area contributed by atoms with E-state index >= 15 is 0 Å². The summed E-state index contributed by atoms with van der Waals surface area (Å²) in [6.07, 6.45) is 2.46. The first-order valence-electron chi connectivity index (χ1n) is 8.42. The molecule has 0 radical (unpaired) electrons. The molecule has 0 saturated heterocycles. The summed E-state index contributed by atoms with van der Waals surface area (Å²) in [5, 5.41) is 11.3. The fourth-order valence-electron chi connectivity index (χ4n) is 2.27. The van der Waals surface area contributed by atoms with Crippen LogP contribution in [0.5, 0.6) is 11.5 Å². The first-order valence-corrected chi connectivity index (χ1v) is 8.42. The van der Waals surface area contributed by atoms with Gasteiger partial charge in [0, 0.05) is 5.69 Å². The van der Waals surface area contributed by atoms with Crippen LogP contribution in [-0.2, 0) is 20.7 Å². The van der Waals surface area contributed by atoms with E-state index in [0.717, 1.165) is 5.56 Å². The van der Waals surface area contributed by atoms with Crippen molar-refractivity contribution in [3.8, 4) is 17.6 Å². The maximum atomic E-state index is 11.8. The fourth-order valence-corrected chi connectivity index (χ4v) is 2.27. The molecular formula is C21H20N2O5. The van der Waals surface area contributed by atoms with Gasteiger partial charge in [0.25, 0.3) is 5.91 Å². The van der Waals surface area contributed by atoms with E-state index in [2.05, 4.69) is 11.9 Å². The van der Waals surface area contributed by atoms with E-state index in [1.165, 1.54) is 7.11 Å². The summed E-state index contributed by atoms with van der Waals surface area (Å²) in [5.74, 6) is -0.295. The molecule has 0 aromatic heterocycles. The van der Waals surface area contributed by atoms with Gasteiger partial charge in [-0.1, -0.05) is 12.1 Å². The number of carbonyl (C=O) groups excluding carboxylic acids is 2. The Hall–Kier alpha value is -3.79. The standard InChI is InChI=1S/C21H20N2O5/c1-3-4-15-7-10-18(19(11-15)26-2)27-14-21(25)28-13-20(24)23-17-8-5-16(12-22)6-9-17/h3,5-11H,1,4,13-14H2,2H3,(H,23,24). The normalized spacial score (nSPS) is 9.71. The maximum Gasteiger partial charge on any atom is 0.344 e. The number of ether oxygens (including phenoxy) is 3. The van der Waals surface area contributed by atoms with Gasteiger partial charge in [-0.3, -0.25) is 4.79 Å². The third-order valence-electron chi connectivity index (χ3n) is 3.62. The third kappa shape index (κ3) is 6.18. The van der Waals surface area contributed by atoms with Gasteiger partial charge >= 0.3 is 5.97 Å². The molecular weight excluding hydrogens is 360 g/mol. The second-order valence-corrected chi connectivity index (χ2v) is 5.66. The first kappa shape index (κ1) is 20.5. The Morgan fingerprint density at radius 2 is 1.89 bits per heavy atom. The molecule has 2 rings (SSSR count). The van der Waals surface area contributed by atoms with Crippen LogP contribution in [0.15, 0.2) is 55.1 Å². The molecule has 0 atom stereocenters. The van der Waals surface area contributed by atoms with Crippen molar-refractivity contribution in [1.29, 1.82) is 5.26 Å². The number of nitrogens with one attached hydrogen (secondary N) is 1. The van der Waals surface area contributed by atoms with Crippen molar-refractivity contribution >= 4 is 17.6 Å². The second-order valence-electron chi connectivity index (χ2n) is 5.66. The lowest BCUT2D eigenvalue weighted by atomic mass is 10.1. The summed E-state index contributed by atoms with van der Waals surface area (Å²) in [4.78, 5) is 23.6. The highest BCUT2D eigenvalue weighted by atomic mass is 16.6. The predicted molar refractivity (Wildman–Crippen MR) is 103 cm³/mol. The van der Waals surface area contributed by atoms with E-state index in [0.29, 0.717) is 29.2 Å². The summed E-state index contributed by atoms with van der Waals surface area (Å²) in [6, 6.07) is 13.6. The molecule has 0 aliphatic carbocycles. The van der Waals surface area contributed by atoms with Crippen LogP contribution in [-0.4, -0.2) is 32.2 Å². The summed E-state index contributed by atoms with van der Waals surface area (Å²) < 4.78 is 15.6. The van der Waals surface area contributed by atoms with Gasteiger partial charge in [0.05, 0.1) is 18.7 Å². The monoisotopic (exact) mass is 380 g/mol. The minimum Gasteiger partial charge on any atom is -0.493 e. The molecule has 0 heterocycles. The SMILES string of the molecule is C=CCc1ccc(OCC(=O)OCC(=O)Nc2ccc(C#N)cc2)c(OC)c1. The number of benzene rings is 2. The van der Waals surface area contributed by atoms with Gasteiger partial charge in [0.1, 0.15) is 0 Å². The fraction of sp³-hybridized carbons (Fsp3) is 0.190. The predicted octanol–water partition coefficient (Wildman–Crippen LogP) is 2.86. The van der Waals surface area contributed by atoms with Crippen molar-refractivity contribution in [2.75, 3.05) is 25.6 Å². The van der Waals surface area contributed by atoms with Gasteiger partial charge < -0.3 is 19.5 Å². The number of anilines is 1. The lowest BCUT2D eigenvalue weighted by molar-refractivity contribution is -0.149. The molecule has 2 aromatic rings. The number of methoxy groups -OCH3 is 1. The van der Waals surface area contributed by atoms with Crippen molar-refractivity contribution in [2.24, 2.45) is 0 Å². The van der Waals surface area contributed by atoms with Crippen LogP contribution in [0.1, 0.15) is 11.1 Å². The highest BCUT2D eigenvalue weighted by Crippen LogP contribution is 2.28. The first-order chi connectivity index (χ1) is 13.5. The van der Waals surface area contributed by atoms with Crippen LogP contribution in [0.4, 0.5) is 5.69 Å². The van der Waals surface area contributed by atoms with Crippen molar-refractivity contribution in [1.82, 2.24) is 0 Å². The van der Waals surface area contributed by atoms with Crippen LogP contribution in [0, 0.1) is 11.3 Å². The van der Waals surface area contributed by atoms with E-state index in [4.69, 9.17) is 19.5 Å². The van der Waals surface area contributed by atoms with Crippen LogP contribution in [0.2, 0.25) is 0 Å². The lowest BCUT2D eigenvalue weighted by Crippen LogP contribution is -2.23. The Bertz CT molecular complexity index is 885. The summed E-state index contributed by atoms with van der Waals surface area (Å²) in [6.45, 7) is 2.88. The van der Waals surface area contributed by atoms with Crippen LogP contribution < -0.4 is 14.8 Å². The molecule has 0 spiro atoms. The zero-order valence-electron chi connectivity index (χ0n) is 15.4. The molecule has 0 fully saturated rings. The minimum absolute atomic E-state index is 0.360. The van der Waals surface area contributed by atoms with Crippen molar-refractivity contribution < 1.29 is 23.8 Å². The summed E-state index contributed by atoms with van der Waals surface area (Å²) in [5.41, 5.74) is 1.98. The number of rotatable bonds is 9. The van der Waals surface area contributed by atoms with E-state index in [1.54, 1.807) is 42.5 Å². The number of allylic oxidation sites excluding steroid dienone is 1. The van der Waals surface area contributed by atoms with Gasteiger partial charge in [-0.25, -0.2) is 4.79 Å². The topological polar surface area (TPSA) is 97.6 Å². The van der Waals surface area contributed by atoms with Crippen LogP contribution >= 0.6 is 0 Å². The lowest BCUT2D eigenvalue weighted by Gasteiger charge is -2.11. The largest absolute Gasteiger partial charge is 0.493 e. The Balaban J connectivity index is 1.79. The summed E-state index contributed by atoms with van der Waals surface area (Å²) >= 11 is 0. The highest BCUT2D eigenvalue weighted by molar-refractivity contribution is 5.92. The number of esters is 1. The quantitative estimate of drug-likeness (QED) is 0.531. The molecule has 0 aliphatic rings. The van der Waals surface area contributed by atoms with E-state index in [-0.39, 0.29) is 6.61 Å². The van der Waals surface area contributed by atoms with E-state index in [9.17, 15) is 9.59 Å². The average molecular weight is 380 g/mol. The van der Waals surface area contributed by atoms with Crippen LogP contribution in [0.3, 0.4) is 0 Å². The number of nitrogens with zero attached hydrogens (tertiary/aromatic N) is 1. The third-order valence-corrected chi connectivity index (χ3v) is 3.62. The Morgan fingerprint density at radius 3 is 2.54 bits per heavy atom. The van der Waals surface area contributed by atoms with Crippen molar-refractivity contribution in [3.63, 3.8) is 0 Å².